The first-order valence-electron chi connectivity index (χ1n) is 8.87. The Hall–Kier alpha value is -2.61. The number of aliphatic hydroxyl groups excluding tert-OH is 1. The minimum atomic E-state index is -0.884. The molecule has 0 aromatic heterocycles. The number of carbonyl (C=O) groups is 3. The highest BCUT2D eigenvalue weighted by atomic mass is 16.5. The predicted octanol–water partition coefficient (Wildman–Crippen LogP) is 1.07. The molecule has 0 bridgehead atoms. The Morgan fingerprint density at radius 2 is 1.93 bits per heavy atom. The van der Waals surface area contributed by atoms with Crippen molar-refractivity contribution in [1.29, 1.82) is 0 Å². The van der Waals surface area contributed by atoms with Gasteiger partial charge in [0.2, 0.25) is 5.91 Å². The molecule has 0 radical (unpaired) electrons. The van der Waals surface area contributed by atoms with E-state index in [0.29, 0.717) is 0 Å². The molecule has 1 fully saturated rings. The number of hydrogen-bond donors (Lipinski definition) is 2. The molecule has 1 saturated heterocycles. The number of aliphatic hydroxyl groups is 1. The van der Waals surface area contributed by atoms with Crippen molar-refractivity contribution in [2.45, 2.75) is 45.1 Å². The molecule has 2 amide bonds. The van der Waals surface area contributed by atoms with Crippen LogP contribution in [0.25, 0.3) is 0 Å². The molecule has 8 heteroatoms. The lowest BCUT2D eigenvalue weighted by molar-refractivity contribution is -0.151. The number of alkyl carbamates (subject to hydrolysis) is 1. The molecule has 1 aliphatic rings. The van der Waals surface area contributed by atoms with Crippen molar-refractivity contribution in [3.8, 4) is 0 Å². The van der Waals surface area contributed by atoms with Crippen LogP contribution in [0.5, 0.6) is 0 Å². The van der Waals surface area contributed by atoms with Crippen LogP contribution in [0.4, 0.5) is 4.79 Å². The van der Waals surface area contributed by atoms with E-state index >= 15 is 0 Å². The molecular formula is C19H26N2O6. The lowest BCUT2D eigenvalue weighted by atomic mass is 10.0. The third-order valence-corrected chi connectivity index (χ3v) is 4.45. The molecule has 1 aromatic rings. The van der Waals surface area contributed by atoms with Gasteiger partial charge in [-0.1, -0.05) is 44.2 Å². The lowest BCUT2D eigenvalue weighted by Crippen LogP contribution is -2.54. The molecule has 27 heavy (non-hydrogen) atoms. The highest BCUT2D eigenvalue weighted by Crippen LogP contribution is 2.21. The van der Waals surface area contributed by atoms with E-state index in [4.69, 9.17) is 9.47 Å². The molecule has 148 valence electrons. The first kappa shape index (κ1) is 20.7. The fraction of sp³-hybridized carbons (Fsp3) is 0.526. The third kappa shape index (κ3) is 5.43. The maximum Gasteiger partial charge on any atom is 0.408 e. The molecule has 2 N–H and O–H groups in total. The van der Waals surface area contributed by atoms with Crippen molar-refractivity contribution in [2.24, 2.45) is 5.92 Å². The molecule has 1 aromatic carbocycles. The van der Waals surface area contributed by atoms with E-state index in [2.05, 4.69) is 5.32 Å². The Morgan fingerprint density at radius 3 is 2.52 bits per heavy atom. The fourth-order valence-electron chi connectivity index (χ4n) is 3.00. The minimum Gasteiger partial charge on any atom is -0.467 e. The topological polar surface area (TPSA) is 105 Å². The second-order valence-corrected chi connectivity index (χ2v) is 6.85. The zero-order valence-electron chi connectivity index (χ0n) is 15.8. The highest BCUT2D eigenvalue weighted by molar-refractivity contribution is 5.90. The Bertz CT molecular complexity index is 663. The molecule has 8 nitrogen and oxygen atoms in total. The molecule has 1 aliphatic heterocycles. The summed E-state index contributed by atoms with van der Waals surface area (Å²) < 4.78 is 9.89. The molecular weight excluding hydrogens is 352 g/mol. The number of esters is 1. The average Bonchev–Trinajstić information content (AvgIpc) is 3.05. The smallest absolute Gasteiger partial charge is 0.408 e. The second-order valence-electron chi connectivity index (χ2n) is 6.85. The largest absolute Gasteiger partial charge is 0.467 e. The number of methoxy groups -OCH3 is 1. The van der Waals surface area contributed by atoms with E-state index in [1.165, 1.54) is 12.0 Å². The summed E-state index contributed by atoms with van der Waals surface area (Å²) in [5.74, 6) is -1.28. The normalized spacial score (nSPS) is 20.3. The van der Waals surface area contributed by atoms with Gasteiger partial charge in [-0.3, -0.25) is 4.79 Å². The molecule has 0 unspecified atom stereocenters. The summed E-state index contributed by atoms with van der Waals surface area (Å²) in [6.45, 7) is 3.65. The summed E-state index contributed by atoms with van der Waals surface area (Å²) >= 11 is 0. The fourth-order valence-corrected chi connectivity index (χ4v) is 3.00. The van der Waals surface area contributed by atoms with Crippen LogP contribution in [-0.4, -0.2) is 59.8 Å². The van der Waals surface area contributed by atoms with E-state index < -0.39 is 36.2 Å². The van der Waals surface area contributed by atoms with Gasteiger partial charge in [0.05, 0.1) is 13.2 Å². The summed E-state index contributed by atoms with van der Waals surface area (Å²) in [7, 11) is 1.23. The van der Waals surface area contributed by atoms with Crippen LogP contribution in [0.2, 0.25) is 0 Å². The van der Waals surface area contributed by atoms with Crippen LogP contribution in [0.15, 0.2) is 30.3 Å². The van der Waals surface area contributed by atoms with Gasteiger partial charge in [-0.2, -0.15) is 0 Å². The number of amides is 2. The Morgan fingerprint density at radius 1 is 1.26 bits per heavy atom. The lowest BCUT2D eigenvalue weighted by Gasteiger charge is -2.29. The molecule has 0 saturated carbocycles. The van der Waals surface area contributed by atoms with Gasteiger partial charge in [0.15, 0.2) is 0 Å². The number of benzene rings is 1. The maximum atomic E-state index is 12.9. The molecule has 2 rings (SSSR count). The van der Waals surface area contributed by atoms with Crippen molar-refractivity contribution < 1.29 is 29.0 Å². The van der Waals surface area contributed by atoms with Crippen LogP contribution < -0.4 is 5.32 Å². The Labute approximate surface area is 158 Å². The summed E-state index contributed by atoms with van der Waals surface area (Å²) in [5, 5.41) is 12.4. The number of ether oxygens (including phenoxy) is 2. The van der Waals surface area contributed by atoms with Gasteiger partial charge in [0.1, 0.15) is 18.7 Å². The maximum absolute atomic E-state index is 12.9. The van der Waals surface area contributed by atoms with Crippen molar-refractivity contribution in [3.63, 3.8) is 0 Å². The molecule has 1 heterocycles. The van der Waals surface area contributed by atoms with Crippen molar-refractivity contribution in [2.75, 3.05) is 13.7 Å². The van der Waals surface area contributed by atoms with Crippen LogP contribution in [0.3, 0.4) is 0 Å². The third-order valence-electron chi connectivity index (χ3n) is 4.45. The van der Waals surface area contributed by atoms with Crippen molar-refractivity contribution >= 4 is 18.0 Å². The molecule has 0 aliphatic carbocycles. The van der Waals surface area contributed by atoms with E-state index in [1.807, 2.05) is 30.3 Å². The van der Waals surface area contributed by atoms with Crippen LogP contribution in [0, 0.1) is 5.92 Å². The standard InChI is InChI=1S/C19H26N2O6/c1-12(2)16(20-19(25)27-11-13-7-5-4-6-8-13)17(23)21-10-14(22)9-15(21)18(24)26-3/h4-8,12,14-16,22H,9-11H2,1-3H3,(H,20,25)/t14-,15-,16-/m0/s1. The number of carbonyl (C=O) groups excluding carboxylic acids is 3. The number of rotatable bonds is 6. The van der Waals surface area contributed by atoms with Crippen LogP contribution in [-0.2, 0) is 25.7 Å². The number of β-amino-alcohol motifs (C(OH)–C–C–N with tert-alkyl or cyclic N) is 1. The predicted molar refractivity (Wildman–Crippen MR) is 96.5 cm³/mol. The van der Waals surface area contributed by atoms with Crippen LogP contribution >= 0.6 is 0 Å². The summed E-state index contributed by atoms with van der Waals surface area (Å²) in [5.41, 5.74) is 0.827. The first-order valence-corrected chi connectivity index (χ1v) is 8.87. The Balaban J connectivity index is 2.01. The number of nitrogens with zero attached hydrogens (tertiary/aromatic N) is 1. The molecule has 3 atom stereocenters. The van der Waals surface area contributed by atoms with E-state index in [0.717, 1.165) is 5.56 Å². The SMILES string of the molecule is COC(=O)[C@@H]1C[C@H](O)CN1C(=O)[C@@H](NC(=O)OCc1ccccc1)C(C)C. The van der Waals surface area contributed by atoms with Gasteiger partial charge in [-0.05, 0) is 11.5 Å². The van der Waals surface area contributed by atoms with E-state index in [9.17, 15) is 19.5 Å². The Kier molecular flexibility index (Phi) is 7.18. The van der Waals surface area contributed by atoms with Gasteiger partial charge in [-0.15, -0.1) is 0 Å². The van der Waals surface area contributed by atoms with Gasteiger partial charge in [0, 0.05) is 13.0 Å². The van der Waals surface area contributed by atoms with Gasteiger partial charge >= 0.3 is 12.1 Å². The van der Waals surface area contributed by atoms with Gasteiger partial charge < -0.3 is 24.8 Å². The van der Waals surface area contributed by atoms with Crippen LogP contribution in [0.1, 0.15) is 25.8 Å². The second kappa shape index (κ2) is 9.36. The number of nitrogens with one attached hydrogen (secondary N) is 1. The quantitative estimate of drug-likeness (QED) is 0.718. The van der Waals surface area contributed by atoms with E-state index in [1.54, 1.807) is 13.8 Å². The van der Waals surface area contributed by atoms with E-state index in [-0.39, 0.29) is 25.5 Å². The van der Waals surface area contributed by atoms with Gasteiger partial charge in [-0.25, -0.2) is 9.59 Å². The zero-order valence-corrected chi connectivity index (χ0v) is 15.8. The number of likely N-dealkylation sites (tertiary alicyclic amines) is 1. The van der Waals surface area contributed by atoms with Crippen molar-refractivity contribution in [1.82, 2.24) is 10.2 Å². The minimum absolute atomic E-state index is 0.0164. The van der Waals surface area contributed by atoms with Crippen molar-refractivity contribution in [3.05, 3.63) is 35.9 Å². The highest BCUT2D eigenvalue weighted by Gasteiger charge is 2.42. The molecule has 0 spiro atoms. The summed E-state index contributed by atoms with van der Waals surface area (Å²) in [6.07, 6.45) is -1.42. The zero-order chi connectivity index (χ0) is 20.0. The summed E-state index contributed by atoms with van der Waals surface area (Å²) in [6, 6.07) is 7.44. The summed E-state index contributed by atoms with van der Waals surface area (Å²) in [4.78, 5) is 38.2. The average molecular weight is 378 g/mol. The van der Waals surface area contributed by atoms with Gasteiger partial charge in [0.25, 0.3) is 0 Å². The monoisotopic (exact) mass is 378 g/mol. The number of hydrogen-bond acceptors (Lipinski definition) is 6. The first-order chi connectivity index (χ1) is 12.8.